The summed E-state index contributed by atoms with van der Waals surface area (Å²) in [5.74, 6) is -1.34. The van der Waals surface area contributed by atoms with E-state index in [-0.39, 0.29) is 12.3 Å². The smallest absolute Gasteiger partial charge is 0.417 e. The van der Waals surface area contributed by atoms with Gasteiger partial charge in [-0.15, -0.1) is 10.2 Å². The predicted molar refractivity (Wildman–Crippen MR) is 53.3 cm³/mol. The van der Waals surface area contributed by atoms with E-state index in [0.717, 1.165) is 11.1 Å². The van der Waals surface area contributed by atoms with Crippen LogP contribution in [0.1, 0.15) is 22.9 Å². The van der Waals surface area contributed by atoms with E-state index in [4.69, 9.17) is 0 Å². The van der Waals surface area contributed by atoms with Gasteiger partial charge in [0.25, 0.3) is 0 Å². The first kappa shape index (κ1) is 11.6. The molecule has 0 amide bonds. The topological polar surface area (TPSA) is 38.9 Å². The number of rotatable bonds is 2. The summed E-state index contributed by atoms with van der Waals surface area (Å²) in [5.41, 5.74) is 1.86. The lowest BCUT2D eigenvalue weighted by Crippen LogP contribution is -2.04. The van der Waals surface area contributed by atoms with Gasteiger partial charge in [0.05, 0.1) is 6.42 Å². The van der Waals surface area contributed by atoms with E-state index in [0.29, 0.717) is 0 Å². The molecule has 0 aliphatic heterocycles. The van der Waals surface area contributed by atoms with Gasteiger partial charge in [0.15, 0.2) is 0 Å². The number of hydrogen-bond donors (Lipinski definition) is 0. The van der Waals surface area contributed by atoms with Gasteiger partial charge in [-0.3, -0.25) is 0 Å². The van der Waals surface area contributed by atoms with E-state index in [1.54, 1.807) is 6.07 Å². The Morgan fingerprint density at radius 3 is 2.59 bits per heavy atom. The third-order valence-corrected chi connectivity index (χ3v) is 2.15. The van der Waals surface area contributed by atoms with Crippen LogP contribution in [0.2, 0.25) is 0 Å². The summed E-state index contributed by atoms with van der Waals surface area (Å²) in [6.45, 7) is 1.90. The predicted octanol–water partition coefficient (Wildman–Crippen LogP) is 2.99. The molecule has 2 rings (SSSR count). The molecule has 3 nitrogen and oxygen atoms in total. The van der Waals surface area contributed by atoms with Crippen molar-refractivity contribution < 1.29 is 17.6 Å². The van der Waals surface area contributed by atoms with Crippen LogP contribution < -0.4 is 0 Å². The zero-order chi connectivity index (χ0) is 12.5. The molecule has 0 N–H and O–H groups in total. The van der Waals surface area contributed by atoms with Crippen LogP contribution in [0.4, 0.5) is 13.2 Å². The van der Waals surface area contributed by atoms with Crippen molar-refractivity contribution in [1.82, 2.24) is 10.2 Å². The highest BCUT2D eigenvalue weighted by atomic mass is 19.4. The maximum Gasteiger partial charge on any atom is 0.470 e. The molecule has 0 spiro atoms. The molecule has 0 saturated carbocycles. The Kier molecular flexibility index (Phi) is 2.87. The third kappa shape index (κ3) is 2.83. The molecule has 2 aromatic rings. The number of hydrogen-bond acceptors (Lipinski definition) is 3. The van der Waals surface area contributed by atoms with Gasteiger partial charge in [-0.1, -0.05) is 29.8 Å². The van der Waals surface area contributed by atoms with Crippen molar-refractivity contribution in [3.8, 4) is 0 Å². The molecular weight excluding hydrogens is 233 g/mol. The second kappa shape index (κ2) is 4.20. The summed E-state index contributed by atoms with van der Waals surface area (Å²) in [4.78, 5) is 0. The first-order valence-corrected chi connectivity index (χ1v) is 4.90. The molecule has 1 aromatic heterocycles. The van der Waals surface area contributed by atoms with Gasteiger partial charge in [-0.2, -0.15) is 13.2 Å². The summed E-state index contributed by atoms with van der Waals surface area (Å²) in [7, 11) is 0. The van der Waals surface area contributed by atoms with E-state index in [9.17, 15) is 13.2 Å². The molecule has 17 heavy (non-hydrogen) atoms. The van der Waals surface area contributed by atoms with Crippen molar-refractivity contribution in [3.63, 3.8) is 0 Å². The monoisotopic (exact) mass is 242 g/mol. The zero-order valence-corrected chi connectivity index (χ0v) is 8.95. The van der Waals surface area contributed by atoms with E-state index >= 15 is 0 Å². The first-order chi connectivity index (χ1) is 7.95. The van der Waals surface area contributed by atoms with E-state index in [2.05, 4.69) is 14.6 Å². The molecule has 0 unspecified atom stereocenters. The van der Waals surface area contributed by atoms with Crippen molar-refractivity contribution in [2.45, 2.75) is 19.5 Å². The first-order valence-electron chi connectivity index (χ1n) is 4.90. The van der Waals surface area contributed by atoms with Crippen LogP contribution in [0.25, 0.3) is 0 Å². The number of alkyl halides is 3. The Morgan fingerprint density at radius 2 is 2.00 bits per heavy atom. The van der Waals surface area contributed by atoms with E-state index in [1.165, 1.54) is 0 Å². The molecular formula is C11H9F3N2O. The lowest BCUT2D eigenvalue weighted by molar-refractivity contribution is -0.157. The quantitative estimate of drug-likeness (QED) is 0.812. The Hall–Kier alpha value is -1.85. The average molecular weight is 242 g/mol. The number of nitrogens with zero attached hydrogens (tertiary/aromatic N) is 2. The SMILES string of the molecule is Cc1cccc(Cc2nnc(C(F)(F)F)o2)c1. The third-order valence-electron chi connectivity index (χ3n) is 2.15. The Balaban J connectivity index is 2.17. The molecule has 0 radical (unpaired) electrons. The highest BCUT2D eigenvalue weighted by molar-refractivity contribution is 5.24. The lowest BCUT2D eigenvalue weighted by Gasteiger charge is -1.99. The highest BCUT2D eigenvalue weighted by Crippen LogP contribution is 2.28. The molecule has 0 saturated heterocycles. The van der Waals surface area contributed by atoms with Crippen LogP contribution in [-0.4, -0.2) is 10.2 Å². The molecule has 0 fully saturated rings. The van der Waals surface area contributed by atoms with Gasteiger partial charge in [0.1, 0.15) is 0 Å². The Morgan fingerprint density at radius 1 is 1.24 bits per heavy atom. The number of benzene rings is 1. The normalized spacial score (nSPS) is 11.8. The van der Waals surface area contributed by atoms with Crippen LogP contribution in [0.5, 0.6) is 0 Å². The van der Waals surface area contributed by atoms with Gasteiger partial charge in [0, 0.05) is 0 Å². The molecule has 1 aromatic carbocycles. The van der Waals surface area contributed by atoms with E-state index in [1.807, 2.05) is 25.1 Å². The van der Waals surface area contributed by atoms with Gasteiger partial charge in [0.2, 0.25) is 5.89 Å². The zero-order valence-electron chi connectivity index (χ0n) is 8.95. The summed E-state index contributed by atoms with van der Waals surface area (Å²) in [6.07, 6.45) is -4.39. The fourth-order valence-corrected chi connectivity index (χ4v) is 1.44. The minimum Gasteiger partial charge on any atom is -0.417 e. The number of aromatic nitrogens is 2. The van der Waals surface area contributed by atoms with E-state index < -0.39 is 12.1 Å². The molecule has 90 valence electrons. The summed E-state index contributed by atoms with van der Waals surface area (Å²) in [6, 6.07) is 7.38. The minimum atomic E-state index is -4.59. The lowest BCUT2D eigenvalue weighted by atomic mass is 10.1. The molecule has 0 atom stereocenters. The largest absolute Gasteiger partial charge is 0.470 e. The fourth-order valence-electron chi connectivity index (χ4n) is 1.44. The second-order valence-corrected chi connectivity index (χ2v) is 3.66. The van der Waals surface area contributed by atoms with Gasteiger partial charge in [-0.05, 0) is 12.5 Å². The standard InChI is InChI=1S/C11H9F3N2O/c1-7-3-2-4-8(5-7)6-9-15-16-10(17-9)11(12,13)14/h2-5H,6H2,1H3. The average Bonchev–Trinajstić information content (AvgIpc) is 2.65. The summed E-state index contributed by atoms with van der Waals surface area (Å²) in [5, 5.41) is 6.34. The van der Waals surface area contributed by atoms with Crippen LogP contribution in [0.15, 0.2) is 28.7 Å². The molecule has 0 aliphatic carbocycles. The Bertz CT molecular complexity index is 519. The summed E-state index contributed by atoms with van der Waals surface area (Å²) >= 11 is 0. The highest BCUT2D eigenvalue weighted by Gasteiger charge is 2.38. The van der Waals surface area contributed by atoms with Crippen LogP contribution in [0.3, 0.4) is 0 Å². The molecule has 1 heterocycles. The van der Waals surface area contributed by atoms with Crippen LogP contribution in [0, 0.1) is 6.92 Å². The molecule has 0 bridgehead atoms. The molecule has 6 heteroatoms. The van der Waals surface area contributed by atoms with Gasteiger partial charge in [-0.25, -0.2) is 0 Å². The van der Waals surface area contributed by atoms with Gasteiger partial charge < -0.3 is 4.42 Å². The van der Waals surface area contributed by atoms with Crippen LogP contribution >= 0.6 is 0 Å². The van der Waals surface area contributed by atoms with Crippen molar-refractivity contribution in [3.05, 3.63) is 47.2 Å². The maximum atomic E-state index is 12.2. The summed E-state index contributed by atoms with van der Waals surface area (Å²) < 4.78 is 41.2. The number of halogens is 3. The second-order valence-electron chi connectivity index (χ2n) is 3.66. The van der Waals surface area contributed by atoms with Crippen molar-refractivity contribution in [2.24, 2.45) is 0 Å². The minimum absolute atomic E-state index is 0.0390. The maximum absolute atomic E-state index is 12.2. The fraction of sp³-hybridized carbons (Fsp3) is 0.273. The van der Waals surface area contributed by atoms with Crippen molar-refractivity contribution in [2.75, 3.05) is 0 Å². The van der Waals surface area contributed by atoms with Crippen molar-refractivity contribution in [1.29, 1.82) is 0 Å². The molecule has 0 aliphatic rings. The van der Waals surface area contributed by atoms with Crippen LogP contribution in [-0.2, 0) is 12.6 Å². The van der Waals surface area contributed by atoms with Gasteiger partial charge >= 0.3 is 12.1 Å². The Labute approximate surface area is 95.3 Å². The van der Waals surface area contributed by atoms with Crippen molar-refractivity contribution >= 4 is 0 Å². The number of aryl methyl sites for hydroxylation is 1.